The molecule has 0 aliphatic carbocycles. The number of carbonyl (C=O) groups is 1. The van der Waals surface area contributed by atoms with Crippen molar-refractivity contribution in [1.82, 2.24) is 5.32 Å². The summed E-state index contributed by atoms with van der Waals surface area (Å²) in [6.45, 7) is 6.43. The molecule has 1 aromatic carbocycles. The van der Waals surface area contributed by atoms with Crippen LogP contribution in [0.1, 0.15) is 24.2 Å². The monoisotopic (exact) mass is 263 g/mol. The molecule has 2 rings (SSSR count). The Balaban J connectivity index is 2.19. The highest BCUT2D eigenvalue weighted by molar-refractivity contribution is 6.01. The second kappa shape index (κ2) is 6.68. The molecular weight excluding hydrogens is 242 g/mol. The quantitative estimate of drug-likeness (QED) is 0.796. The van der Waals surface area contributed by atoms with Crippen molar-refractivity contribution in [1.29, 1.82) is 0 Å². The van der Waals surface area contributed by atoms with Crippen LogP contribution < -0.4 is 10.1 Å². The van der Waals surface area contributed by atoms with Crippen molar-refractivity contribution in [3.05, 3.63) is 29.8 Å². The van der Waals surface area contributed by atoms with Gasteiger partial charge in [0, 0.05) is 6.04 Å². The first kappa shape index (κ1) is 14.0. The number of ether oxygens (including phenoxy) is 2. The normalized spacial score (nSPS) is 22.4. The van der Waals surface area contributed by atoms with Gasteiger partial charge in [-0.1, -0.05) is 19.1 Å². The fourth-order valence-electron chi connectivity index (χ4n) is 2.43. The van der Waals surface area contributed by atoms with Crippen LogP contribution in [0, 0.1) is 5.92 Å². The van der Waals surface area contributed by atoms with Gasteiger partial charge in [0.1, 0.15) is 5.75 Å². The van der Waals surface area contributed by atoms with Gasteiger partial charge in [-0.05, 0) is 25.6 Å². The number of rotatable bonds is 6. The van der Waals surface area contributed by atoms with Gasteiger partial charge in [-0.15, -0.1) is 0 Å². The summed E-state index contributed by atoms with van der Waals surface area (Å²) in [5.41, 5.74) is 0.655. The number of para-hydroxylation sites is 1. The van der Waals surface area contributed by atoms with Gasteiger partial charge in [0.15, 0.2) is 5.78 Å². The van der Waals surface area contributed by atoms with E-state index in [2.05, 4.69) is 5.32 Å². The zero-order valence-corrected chi connectivity index (χ0v) is 11.5. The number of hydrogen-bond acceptors (Lipinski definition) is 4. The van der Waals surface area contributed by atoms with Crippen molar-refractivity contribution >= 4 is 5.78 Å². The minimum absolute atomic E-state index is 0.104. The molecule has 0 bridgehead atoms. The van der Waals surface area contributed by atoms with Gasteiger partial charge in [0.05, 0.1) is 31.3 Å². The van der Waals surface area contributed by atoms with Gasteiger partial charge >= 0.3 is 0 Å². The number of hydrogen-bond donors (Lipinski definition) is 1. The molecule has 0 radical (unpaired) electrons. The zero-order chi connectivity index (χ0) is 13.7. The maximum absolute atomic E-state index is 12.6. The van der Waals surface area contributed by atoms with Gasteiger partial charge in [-0.2, -0.15) is 0 Å². The number of Topliss-reactive ketones (excluding diaryl/α,β-unsaturated/α-hetero) is 1. The predicted octanol–water partition coefficient (Wildman–Crippen LogP) is 1.89. The third-order valence-electron chi connectivity index (χ3n) is 3.34. The van der Waals surface area contributed by atoms with E-state index in [1.165, 1.54) is 0 Å². The fraction of sp³-hybridized carbons (Fsp3) is 0.533. The minimum Gasteiger partial charge on any atom is -0.493 e. The zero-order valence-electron chi connectivity index (χ0n) is 11.5. The van der Waals surface area contributed by atoms with E-state index in [1.807, 2.05) is 38.1 Å². The Bertz CT molecular complexity index is 433. The first-order chi connectivity index (χ1) is 9.27. The Morgan fingerprint density at radius 1 is 1.37 bits per heavy atom. The Morgan fingerprint density at radius 2 is 2.16 bits per heavy atom. The summed E-state index contributed by atoms with van der Waals surface area (Å²) in [6, 6.07) is 7.53. The maximum atomic E-state index is 12.6. The van der Waals surface area contributed by atoms with E-state index in [0.717, 1.165) is 6.54 Å². The third kappa shape index (κ3) is 3.14. The van der Waals surface area contributed by atoms with Gasteiger partial charge in [0.2, 0.25) is 0 Å². The highest BCUT2D eigenvalue weighted by Crippen LogP contribution is 2.25. The lowest BCUT2D eigenvalue weighted by Gasteiger charge is -2.18. The smallest absolute Gasteiger partial charge is 0.173 e. The summed E-state index contributed by atoms with van der Waals surface area (Å²) in [5, 5.41) is 3.31. The van der Waals surface area contributed by atoms with Crippen LogP contribution in [0.15, 0.2) is 24.3 Å². The molecule has 1 aliphatic heterocycles. The Hall–Kier alpha value is -1.39. The summed E-state index contributed by atoms with van der Waals surface area (Å²) in [6.07, 6.45) is 0. The molecule has 0 amide bonds. The molecule has 104 valence electrons. The molecule has 1 saturated heterocycles. The predicted molar refractivity (Wildman–Crippen MR) is 73.7 cm³/mol. The molecule has 1 aliphatic rings. The Labute approximate surface area is 114 Å². The first-order valence-corrected chi connectivity index (χ1v) is 6.85. The summed E-state index contributed by atoms with van der Waals surface area (Å²) in [4.78, 5) is 12.6. The lowest BCUT2D eigenvalue weighted by molar-refractivity contribution is 0.0888. The fourth-order valence-corrected chi connectivity index (χ4v) is 2.43. The van der Waals surface area contributed by atoms with Crippen LogP contribution in [0.5, 0.6) is 5.75 Å². The van der Waals surface area contributed by atoms with Crippen molar-refractivity contribution in [2.75, 3.05) is 26.4 Å². The number of likely N-dealkylation sites (N-methyl/N-ethyl adjacent to an activating group) is 1. The van der Waals surface area contributed by atoms with Crippen LogP contribution in [0.4, 0.5) is 0 Å². The maximum Gasteiger partial charge on any atom is 0.173 e. The second-order valence-corrected chi connectivity index (χ2v) is 4.60. The molecule has 0 aromatic heterocycles. The first-order valence-electron chi connectivity index (χ1n) is 6.85. The van der Waals surface area contributed by atoms with E-state index in [-0.39, 0.29) is 17.7 Å². The minimum atomic E-state index is -0.124. The average Bonchev–Trinajstić information content (AvgIpc) is 2.88. The Morgan fingerprint density at radius 3 is 2.89 bits per heavy atom. The second-order valence-electron chi connectivity index (χ2n) is 4.60. The number of benzene rings is 1. The van der Waals surface area contributed by atoms with Crippen molar-refractivity contribution in [2.45, 2.75) is 19.9 Å². The van der Waals surface area contributed by atoms with Gasteiger partial charge in [-0.25, -0.2) is 0 Å². The molecule has 4 nitrogen and oxygen atoms in total. The van der Waals surface area contributed by atoms with Crippen molar-refractivity contribution in [2.24, 2.45) is 5.92 Å². The molecule has 0 saturated carbocycles. The van der Waals surface area contributed by atoms with E-state index in [9.17, 15) is 4.79 Å². The Kier molecular flexibility index (Phi) is 4.93. The standard InChI is InChI=1S/C15H21NO3/c1-3-16-13-10-18-9-12(13)15(17)11-7-5-6-8-14(11)19-4-2/h5-8,12-13,16H,3-4,9-10H2,1-2H3. The van der Waals surface area contributed by atoms with E-state index < -0.39 is 0 Å². The summed E-state index contributed by atoms with van der Waals surface area (Å²) < 4.78 is 11.0. The molecule has 1 aromatic rings. The summed E-state index contributed by atoms with van der Waals surface area (Å²) >= 11 is 0. The highest BCUT2D eigenvalue weighted by Gasteiger charge is 2.34. The molecule has 1 fully saturated rings. The van der Waals surface area contributed by atoms with Crippen LogP contribution in [0.2, 0.25) is 0 Å². The third-order valence-corrected chi connectivity index (χ3v) is 3.34. The number of ketones is 1. The lowest BCUT2D eigenvalue weighted by Crippen LogP contribution is -2.39. The van der Waals surface area contributed by atoms with Crippen LogP contribution >= 0.6 is 0 Å². The van der Waals surface area contributed by atoms with Crippen LogP contribution in [0.3, 0.4) is 0 Å². The van der Waals surface area contributed by atoms with Crippen molar-refractivity contribution in [3.8, 4) is 5.75 Å². The van der Waals surface area contributed by atoms with Gasteiger partial charge in [-0.3, -0.25) is 4.79 Å². The molecule has 1 N–H and O–H groups in total. The number of nitrogens with one attached hydrogen (secondary N) is 1. The molecule has 2 atom stereocenters. The lowest BCUT2D eigenvalue weighted by atomic mass is 9.93. The van der Waals surface area contributed by atoms with E-state index in [1.54, 1.807) is 0 Å². The number of carbonyl (C=O) groups excluding carboxylic acids is 1. The molecule has 4 heteroatoms. The molecule has 0 spiro atoms. The van der Waals surface area contributed by atoms with Gasteiger partial charge < -0.3 is 14.8 Å². The molecule has 19 heavy (non-hydrogen) atoms. The largest absolute Gasteiger partial charge is 0.493 e. The summed E-state index contributed by atoms with van der Waals surface area (Å²) in [5.74, 6) is 0.645. The van der Waals surface area contributed by atoms with Crippen LogP contribution in [-0.2, 0) is 4.74 Å². The van der Waals surface area contributed by atoms with Crippen molar-refractivity contribution in [3.63, 3.8) is 0 Å². The van der Waals surface area contributed by atoms with E-state index in [4.69, 9.17) is 9.47 Å². The highest BCUT2D eigenvalue weighted by atomic mass is 16.5. The topological polar surface area (TPSA) is 47.6 Å². The van der Waals surface area contributed by atoms with E-state index in [0.29, 0.717) is 31.1 Å². The molecule has 2 unspecified atom stereocenters. The van der Waals surface area contributed by atoms with Crippen LogP contribution in [0.25, 0.3) is 0 Å². The molecular formula is C15H21NO3. The summed E-state index contributed by atoms with van der Waals surface area (Å²) in [7, 11) is 0. The SMILES string of the molecule is CCNC1COCC1C(=O)c1ccccc1OCC. The molecule has 1 heterocycles. The van der Waals surface area contributed by atoms with E-state index >= 15 is 0 Å². The van der Waals surface area contributed by atoms with Gasteiger partial charge in [0.25, 0.3) is 0 Å². The van der Waals surface area contributed by atoms with Crippen LogP contribution in [-0.4, -0.2) is 38.2 Å². The van der Waals surface area contributed by atoms with Crippen molar-refractivity contribution < 1.29 is 14.3 Å². The average molecular weight is 263 g/mol.